The maximum atomic E-state index is 11.9. The third-order valence-corrected chi connectivity index (χ3v) is 3.11. The summed E-state index contributed by atoms with van der Waals surface area (Å²) >= 11 is 0. The Bertz CT molecular complexity index is 590. The molecule has 0 atom stereocenters. The molecule has 9 heteroatoms. The number of carboxylic acids is 2. The Morgan fingerprint density at radius 3 is 2.04 bits per heavy atom. The van der Waals surface area contributed by atoms with Gasteiger partial charge in [-0.15, -0.1) is 0 Å². The molecule has 0 bridgehead atoms. The van der Waals surface area contributed by atoms with Gasteiger partial charge >= 0.3 is 11.9 Å². The van der Waals surface area contributed by atoms with E-state index in [2.05, 4.69) is 5.32 Å². The molecule has 0 saturated heterocycles. The predicted molar refractivity (Wildman–Crippen MR) is 90.4 cm³/mol. The number of nitrogens with one attached hydrogen (secondary N) is 1. The number of aliphatic carboxylic acids is 1. The van der Waals surface area contributed by atoms with Crippen molar-refractivity contribution in [3.8, 4) is 0 Å². The Balaban J connectivity index is 2.00. The number of hydrogen-bond donors (Lipinski definition) is 3. The topological polar surface area (TPSA) is 131 Å². The minimum absolute atomic E-state index is 0.0323. The van der Waals surface area contributed by atoms with E-state index in [1.54, 1.807) is 0 Å². The van der Waals surface area contributed by atoms with E-state index in [1.165, 1.54) is 24.3 Å². The summed E-state index contributed by atoms with van der Waals surface area (Å²) in [7, 11) is 0. The largest absolute Gasteiger partial charge is 0.481 e. The summed E-state index contributed by atoms with van der Waals surface area (Å²) in [5.41, 5.74) is 0.328. The van der Waals surface area contributed by atoms with Gasteiger partial charge in [-0.25, -0.2) is 4.79 Å². The fourth-order valence-corrected chi connectivity index (χ4v) is 1.83. The van der Waals surface area contributed by atoms with Gasteiger partial charge in [-0.1, -0.05) is 6.07 Å². The molecule has 0 radical (unpaired) electrons. The van der Waals surface area contributed by atoms with Crippen molar-refractivity contribution in [3.63, 3.8) is 0 Å². The standard InChI is InChI=1S/C17H23NO8/c19-15(20)4-6-24-8-10-26-11-9-25-7-5-18-16(21)13-2-1-3-14(12-13)17(22)23/h1-3,12H,4-11H2,(H,18,21)(H,19,20)(H,22,23). The summed E-state index contributed by atoms with van der Waals surface area (Å²) in [5.74, 6) is -2.36. The monoisotopic (exact) mass is 369 g/mol. The van der Waals surface area contributed by atoms with Crippen LogP contribution in [0.1, 0.15) is 27.1 Å². The van der Waals surface area contributed by atoms with Crippen LogP contribution in [-0.2, 0) is 19.0 Å². The molecule has 1 rings (SSSR count). The van der Waals surface area contributed by atoms with Crippen LogP contribution in [0.4, 0.5) is 0 Å². The first-order valence-corrected chi connectivity index (χ1v) is 8.07. The molecule has 0 aliphatic rings. The summed E-state index contributed by atoms with van der Waals surface area (Å²) in [6.45, 7) is 2.11. The SMILES string of the molecule is O=C(O)CCOCCOCCOCCNC(=O)c1cccc(C(=O)O)c1. The number of benzene rings is 1. The van der Waals surface area contributed by atoms with E-state index in [4.69, 9.17) is 24.4 Å². The molecular formula is C17H23NO8. The van der Waals surface area contributed by atoms with E-state index in [1.807, 2.05) is 0 Å². The second-order valence-corrected chi connectivity index (χ2v) is 5.12. The lowest BCUT2D eigenvalue weighted by Gasteiger charge is -2.08. The third-order valence-electron chi connectivity index (χ3n) is 3.11. The average Bonchev–Trinajstić information content (AvgIpc) is 2.62. The zero-order valence-corrected chi connectivity index (χ0v) is 14.3. The summed E-state index contributed by atoms with van der Waals surface area (Å²) in [6.07, 6.45) is -0.0323. The number of carboxylic acid groups (broad SMARTS) is 2. The number of amides is 1. The second-order valence-electron chi connectivity index (χ2n) is 5.12. The molecule has 0 saturated carbocycles. The first kappa shape index (κ1) is 21.6. The highest BCUT2D eigenvalue weighted by Gasteiger charge is 2.08. The average molecular weight is 369 g/mol. The molecular weight excluding hydrogens is 346 g/mol. The molecule has 144 valence electrons. The smallest absolute Gasteiger partial charge is 0.335 e. The molecule has 0 unspecified atom stereocenters. The minimum atomic E-state index is -1.09. The maximum absolute atomic E-state index is 11.9. The van der Waals surface area contributed by atoms with Crippen molar-refractivity contribution in [1.29, 1.82) is 0 Å². The summed E-state index contributed by atoms with van der Waals surface area (Å²) in [5, 5.41) is 19.9. The fourth-order valence-electron chi connectivity index (χ4n) is 1.83. The van der Waals surface area contributed by atoms with Crippen LogP contribution in [0.5, 0.6) is 0 Å². The molecule has 3 N–H and O–H groups in total. The van der Waals surface area contributed by atoms with Gasteiger partial charge in [0.25, 0.3) is 5.91 Å². The van der Waals surface area contributed by atoms with Gasteiger partial charge in [-0.2, -0.15) is 0 Å². The Morgan fingerprint density at radius 1 is 0.846 bits per heavy atom. The normalized spacial score (nSPS) is 10.5. The van der Waals surface area contributed by atoms with Crippen LogP contribution >= 0.6 is 0 Å². The van der Waals surface area contributed by atoms with Crippen molar-refractivity contribution in [2.45, 2.75) is 6.42 Å². The quantitative estimate of drug-likeness (QED) is 0.407. The Kier molecular flexibility index (Phi) is 10.6. The number of hydrogen-bond acceptors (Lipinski definition) is 6. The molecule has 1 aromatic rings. The van der Waals surface area contributed by atoms with Crippen LogP contribution in [0, 0.1) is 0 Å². The van der Waals surface area contributed by atoms with Crippen LogP contribution in [0.15, 0.2) is 24.3 Å². The molecule has 0 aromatic heterocycles. The molecule has 0 aliphatic carbocycles. The van der Waals surface area contributed by atoms with Crippen LogP contribution in [0.25, 0.3) is 0 Å². The zero-order chi connectivity index (χ0) is 19.2. The number of carbonyl (C=O) groups excluding carboxylic acids is 1. The number of ether oxygens (including phenoxy) is 3. The van der Waals surface area contributed by atoms with Crippen molar-refractivity contribution in [2.75, 3.05) is 46.2 Å². The third kappa shape index (κ3) is 9.72. The van der Waals surface area contributed by atoms with Gasteiger partial charge in [-0.3, -0.25) is 9.59 Å². The molecule has 0 spiro atoms. The van der Waals surface area contributed by atoms with Gasteiger partial charge < -0.3 is 29.7 Å². The van der Waals surface area contributed by atoms with E-state index in [0.29, 0.717) is 33.0 Å². The fraction of sp³-hybridized carbons (Fsp3) is 0.471. The van der Waals surface area contributed by atoms with E-state index >= 15 is 0 Å². The highest BCUT2D eigenvalue weighted by atomic mass is 16.5. The van der Waals surface area contributed by atoms with Gasteiger partial charge in [0.15, 0.2) is 0 Å². The minimum Gasteiger partial charge on any atom is -0.481 e. The van der Waals surface area contributed by atoms with Crippen LogP contribution < -0.4 is 5.32 Å². The molecule has 0 fully saturated rings. The molecule has 9 nitrogen and oxygen atoms in total. The first-order valence-electron chi connectivity index (χ1n) is 8.07. The first-order chi connectivity index (χ1) is 12.5. The molecule has 0 heterocycles. The van der Waals surface area contributed by atoms with Crippen molar-refractivity contribution in [3.05, 3.63) is 35.4 Å². The Hall–Kier alpha value is -2.49. The van der Waals surface area contributed by atoms with Gasteiger partial charge in [-0.05, 0) is 18.2 Å². The van der Waals surface area contributed by atoms with Crippen molar-refractivity contribution in [1.82, 2.24) is 5.32 Å². The lowest BCUT2D eigenvalue weighted by molar-refractivity contribution is -0.138. The Morgan fingerprint density at radius 2 is 1.42 bits per heavy atom. The Labute approximate surface area is 150 Å². The van der Waals surface area contributed by atoms with E-state index in [-0.39, 0.29) is 36.6 Å². The van der Waals surface area contributed by atoms with E-state index in [0.717, 1.165) is 0 Å². The van der Waals surface area contributed by atoms with Gasteiger partial charge in [0, 0.05) is 12.1 Å². The van der Waals surface area contributed by atoms with Crippen molar-refractivity contribution >= 4 is 17.8 Å². The van der Waals surface area contributed by atoms with Crippen LogP contribution in [0.2, 0.25) is 0 Å². The lowest BCUT2D eigenvalue weighted by Crippen LogP contribution is -2.27. The van der Waals surface area contributed by atoms with E-state index in [9.17, 15) is 14.4 Å². The van der Waals surface area contributed by atoms with Crippen LogP contribution in [-0.4, -0.2) is 74.2 Å². The van der Waals surface area contributed by atoms with Gasteiger partial charge in [0.1, 0.15) is 0 Å². The number of aromatic carboxylic acids is 1. The van der Waals surface area contributed by atoms with Crippen molar-refractivity contribution in [2.24, 2.45) is 0 Å². The summed E-state index contributed by atoms with van der Waals surface area (Å²) < 4.78 is 15.6. The molecule has 1 amide bonds. The summed E-state index contributed by atoms with van der Waals surface area (Å²) in [4.78, 5) is 33.0. The second kappa shape index (κ2) is 12.8. The number of carbonyl (C=O) groups is 3. The molecule has 1 aromatic carbocycles. The van der Waals surface area contributed by atoms with Crippen LogP contribution in [0.3, 0.4) is 0 Å². The van der Waals surface area contributed by atoms with Gasteiger partial charge in [0.05, 0.1) is 51.6 Å². The highest BCUT2D eigenvalue weighted by Crippen LogP contribution is 2.05. The molecule has 0 aliphatic heterocycles. The summed E-state index contributed by atoms with van der Waals surface area (Å²) in [6, 6.07) is 5.77. The lowest BCUT2D eigenvalue weighted by atomic mass is 10.1. The van der Waals surface area contributed by atoms with Gasteiger partial charge in [0.2, 0.25) is 0 Å². The zero-order valence-electron chi connectivity index (χ0n) is 14.3. The molecule has 26 heavy (non-hydrogen) atoms. The predicted octanol–water partition coefficient (Wildman–Crippen LogP) is 0.639. The van der Waals surface area contributed by atoms with Crippen molar-refractivity contribution < 1.29 is 38.8 Å². The highest BCUT2D eigenvalue weighted by molar-refractivity contribution is 5.97. The van der Waals surface area contributed by atoms with E-state index < -0.39 is 11.9 Å². The maximum Gasteiger partial charge on any atom is 0.335 e. The number of rotatable bonds is 14.